The van der Waals surface area contributed by atoms with Crippen LogP contribution in [0.15, 0.2) is 48.5 Å². The second-order valence-corrected chi connectivity index (χ2v) is 7.50. The van der Waals surface area contributed by atoms with Gasteiger partial charge in [0.1, 0.15) is 17.9 Å². The van der Waals surface area contributed by atoms with Gasteiger partial charge in [-0.15, -0.1) is 10.2 Å². The zero-order valence-corrected chi connectivity index (χ0v) is 16.9. The van der Waals surface area contributed by atoms with Crippen molar-refractivity contribution in [3.8, 4) is 17.5 Å². The maximum Gasteiger partial charge on any atom is 0.246 e. The Labute approximate surface area is 175 Å². The standard InChI is InChI=1S/C23H24N6O/c1-16(23(30)26-20-11-5-4-8-18(20)15-24)25-19-10-7-9-17(14-19)22-28-27-21-12-3-2-6-13-29(21)22/h4-5,7-11,14,16,25H,2-3,6,12-13H2,1H3,(H,26,30)/t16-/m0/s1. The number of rotatable bonds is 5. The van der Waals surface area contributed by atoms with Crippen LogP contribution in [0.3, 0.4) is 0 Å². The number of amides is 1. The highest BCUT2D eigenvalue weighted by Gasteiger charge is 2.18. The van der Waals surface area contributed by atoms with Crippen LogP contribution in [-0.4, -0.2) is 26.7 Å². The Morgan fingerprint density at radius 3 is 2.87 bits per heavy atom. The highest BCUT2D eigenvalue weighted by atomic mass is 16.2. The van der Waals surface area contributed by atoms with Crippen LogP contribution in [0.2, 0.25) is 0 Å². The van der Waals surface area contributed by atoms with Gasteiger partial charge in [-0.1, -0.05) is 30.7 Å². The predicted octanol–water partition coefficient (Wildman–Crippen LogP) is 3.98. The molecule has 0 fully saturated rings. The maximum absolute atomic E-state index is 12.6. The Kier molecular flexibility index (Phi) is 5.75. The molecule has 0 saturated heterocycles. The summed E-state index contributed by atoms with van der Waals surface area (Å²) in [6.45, 7) is 2.73. The number of aryl methyl sites for hydroxylation is 1. The number of carbonyl (C=O) groups excluding carboxylic acids is 1. The van der Waals surface area contributed by atoms with Crippen molar-refractivity contribution in [1.29, 1.82) is 5.26 Å². The fraction of sp³-hybridized carbons (Fsp3) is 0.304. The summed E-state index contributed by atoms with van der Waals surface area (Å²) < 4.78 is 2.21. The van der Waals surface area contributed by atoms with Crippen molar-refractivity contribution < 1.29 is 4.79 Å². The lowest BCUT2D eigenvalue weighted by Gasteiger charge is -2.16. The number of benzene rings is 2. The molecule has 7 nitrogen and oxygen atoms in total. The van der Waals surface area contributed by atoms with Gasteiger partial charge in [0.25, 0.3) is 0 Å². The van der Waals surface area contributed by atoms with E-state index in [4.69, 9.17) is 0 Å². The van der Waals surface area contributed by atoms with Gasteiger partial charge in [-0.3, -0.25) is 4.79 Å². The largest absolute Gasteiger partial charge is 0.374 e. The van der Waals surface area contributed by atoms with Gasteiger partial charge < -0.3 is 15.2 Å². The van der Waals surface area contributed by atoms with Crippen molar-refractivity contribution in [2.75, 3.05) is 10.6 Å². The molecular formula is C23H24N6O. The van der Waals surface area contributed by atoms with Gasteiger partial charge in [0.05, 0.1) is 11.3 Å². The Balaban J connectivity index is 1.49. The zero-order valence-electron chi connectivity index (χ0n) is 16.9. The number of nitrogens with one attached hydrogen (secondary N) is 2. The maximum atomic E-state index is 12.6. The van der Waals surface area contributed by atoms with Gasteiger partial charge in [0, 0.05) is 24.2 Å². The number of hydrogen-bond donors (Lipinski definition) is 2. The van der Waals surface area contributed by atoms with Crippen LogP contribution in [0.5, 0.6) is 0 Å². The van der Waals surface area contributed by atoms with Crippen LogP contribution < -0.4 is 10.6 Å². The highest BCUT2D eigenvalue weighted by Crippen LogP contribution is 2.25. The van der Waals surface area contributed by atoms with Crippen LogP contribution in [0.1, 0.15) is 37.6 Å². The molecule has 152 valence electrons. The SMILES string of the molecule is C[C@H](Nc1cccc(-c2nnc3n2CCCCC3)c1)C(=O)Nc1ccccc1C#N. The number of nitriles is 1. The fourth-order valence-electron chi connectivity index (χ4n) is 3.69. The van der Waals surface area contributed by atoms with Crippen molar-refractivity contribution in [3.05, 3.63) is 59.9 Å². The van der Waals surface area contributed by atoms with E-state index < -0.39 is 6.04 Å². The molecule has 2 heterocycles. The Hall–Kier alpha value is -3.66. The average molecular weight is 400 g/mol. The fourth-order valence-corrected chi connectivity index (χ4v) is 3.69. The summed E-state index contributed by atoms with van der Waals surface area (Å²) in [6.07, 6.45) is 4.47. The number of hydrogen-bond acceptors (Lipinski definition) is 5. The second-order valence-electron chi connectivity index (χ2n) is 7.50. The minimum atomic E-state index is -0.484. The molecule has 2 N–H and O–H groups in total. The molecule has 0 bridgehead atoms. The molecule has 1 aliphatic heterocycles. The van der Waals surface area contributed by atoms with E-state index >= 15 is 0 Å². The monoisotopic (exact) mass is 400 g/mol. The number of carbonyl (C=O) groups is 1. The molecule has 3 aromatic rings. The van der Waals surface area contributed by atoms with Gasteiger partial charge in [-0.05, 0) is 44.0 Å². The quantitative estimate of drug-likeness (QED) is 0.675. The number of anilines is 2. The summed E-state index contributed by atoms with van der Waals surface area (Å²) in [5, 5.41) is 24.1. The van der Waals surface area contributed by atoms with E-state index in [1.807, 2.05) is 24.3 Å². The lowest BCUT2D eigenvalue weighted by molar-refractivity contribution is -0.116. The third kappa shape index (κ3) is 4.18. The van der Waals surface area contributed by atoms with Crippen molar-refractivity contribution >= 4 is 17.3 Å². The first-order valence-electron chi connectivity index (χ1n) is 10.2. The molecule has 7 heteroatoms. The summed E-state index contributed by atoms with van der Waals surface area (Å²) in [6, 6.07) is 16.5. The zero-order chi connectivity index (χ0) is 20.9. The van der Waals surface area contributed by atoms with Crippen LogP contribution >= 0.6 is 0 Å². The molecule has 1 amide bonds. The second kappa shape index (κ2) is 8.78. The summed E-state index contributed by atoms with van der Waals surface area (Å²) in [5.74, 6) is 1.71. The Bertz CT molecular complexity index is 1100. The van der Waals surface area contributed by atoms with Crippen molar-refractivity contribution in [2.45, 2.75) is 45.2 Å². The smallest absolute Gasteiger partial charge is 0.246 e. The molecule has 0 spiro atoms. The summed E-state index contributed by atoms with van der Waals surface area (Å²) in [4.78, 5) is 12.6. The lowest BCUT2D eigenvalue weighted by Crippen LogP contribution is -2.32. The van der Waals surface area contributed by atoms with E-state index in [1.54, 1.807) is 31.2 Å². The number of aromatic nitrogens is 3. The van der Waals surface area contributed by atoms with Crippen molar-refractivity contribution in [2.24, 2.45) is 0 Å². The van der Waals surface area contributed by atoms with E-state index in [9.17, 15) is 10.1 Å². The first kappa shape index (κ1) is 19.6. The lowest BCUT2D eigenvalue weighted by atomic mass is 10.1. The van der Waals surface area contributed by atoms with Crippen LogP contribution in [0, 0.1) is 11.3 Å². The molecule has 0 saturated carbocycles. The minimum absolute atomic E-state index is 0.209. The molecule has 1 aliphatic rings. The van der Waals surface area contributed by atoms with Gasteiger partial charge in [-0.2, -0.15) is 5.26 Å². The first-order chi connectivity index (χ1) is 14.7. The van der Waals surface area contributed by atoms with Gasteiger partial charge in [0.15, 0.2) is 5.82 Å². The van der Waals surface area contributed by atoms with Crippen molar-refractivity contribution in [1.82, 2.24) is 14.8 Å². The van der Waals surface area contributed by atoms with Crippen LogP contribution in [0.4, 0.5) is 11.4 Å². The Morgan fingerprint density at radius 1 is 1.13 bits per heavy atom. The normalized spacial score (nSPS) is 14.1. The average Bonchev–Trinajstić information content (AvgIpc) is 3.02. The molecule has 0 aliphatic carbocycles. The minimum Gasteiger partial charge on any atom is -0.374 e. The van der Waals surface area contributed by atoms with E-state index in [1.165, 1.54) is 6.42 Å². The first-order valence-corrected chi connectivity index (χ1v) is 10.2. The van der Waals surface area contributed by atoms with Gasteiger partial charge in [0.2, 0.25) is 5.91 Å². The summed E-state index contributed by atoms with van der Waals surface area (Å²) >= 11 is 0. The number of fused-ring (bicyclic) bond motifs is 1. The van der Waals surface area contributed by atoms with E-state index in [-0.39, 0.29) is 5.91 Å². The predicted molar refractivity (Wildman–Crippen MR) is 116 cm³/mol. The van der Waals surface area contributed by atoms with Crippen LogP contribution in [-0.2, 0) is 17.8 Å². The summed E-state index contributed by atoms with van der Waals surface area (Å²) in [5.41, 5.74) is 2.75. The molecule has 1 aromatic heterocycles. The molecule has 4 rings (SSSR count). The molecule has 1 atom stereocenters. The van der Waals surface area contributed by atoms with E-state index in [0.29, 0.717) is 11.3 Å². The molecule has 0 radical (unpaired) electrons. The Morgan fingerprint density at radius 2 is 2.00 bits per heavy atom. The molecule has 2 aromatic carbocycles. The molecule has 0 unspecified atom stereocenters. The molecule has 30 heavy (non-hydrogen) atoms. The topological polar surface area (TPSA) is 95.6 Å². The highest BCUT2D eigenvalue weighted by molar-refractivity contribution is 5.97. The molecular weight excluding hydrogens is 376 g/mol. The third-order valence-corrected chi connectivity index (χ3v) is 5.31. The number of nitrogens with zero attached hydrogens (tertiary/aromatic N) is 4. The third-order valence-electron chi connectivity index (χ3n) is 5.31. The van der Waals surface area contributed by atoms with Gasteiger partial charge >= 0.3 is 0 Å². The van der Waals surface area contributed by atoms with Crippen molar-refractivity contribution in [3.63, 3.8) is 0 Å². The van der Waals surface area contributed by atoms with Gasteiger partial charge in [-0.25, -0.2) is 0 Å². The summed E-state index contributed by atoms with van der Waals surface area (Å²) in [7, 11) is 0. The number of para-hydroxylation sites is 1. The van der Waals surface area contributed by atoms with Crippen LogP contribution in [0.25, 0.3) is 11.4 Å². The van der Waals surface area contributed by atoms with E-state index in [2.05, 4.69) is 31.5 Å². The van der Waals surface area contributed by atoms with E-state index in [0.717, 1.165) is 48.7 Å².